The minimum Gasteiger partial charge on any atom is -0.489 e. The van der Waals surface area contributed by atoms with E-state index in [1.807, 2.05) is 24.3 Å². The molecule has 2 aromatic rings. The third-order valence-corrected chi connectivity index (χ3v) is 5.76. The number of nitrogens with one attached hydrogen (secondary N) is 1. The van der Waals surface area contributed by atoms with Crippen LogP contribution in [0.2, 0.25) is 10.0 Å². The topological polar surface area (TPSA) is 58.6 Å². The summed E-state index contributed by atoms with van der Waals surface area (Å²) in [7, 11) is 0. The first-order valence-corrected chi connectivity index (χ1v) is 9.76. The summed E-state index contributed by atoms with van der Waals surface area (Å²) in [6.07, 6.45) is 0.769. The number of rotatable bonds is 7. The number of ether oxygens (including phenoxy) is 1. The van der Waals surface area contributed by atoms with Crippen LogP contribution in [0.15, 0.2) is 46.9 Å². The number of amides is 1. The molecular formula is C19H18BrCl2NO3. The van der Waals surface area contributed by atoms with Gasteiger partial charge in [-0.25, -0.2) is 0 Å². The minimum atomic E-state index is -0.852. The van der Waals surface area contributed by atoms with E-state index in [4.69, 9.17) is 27.9 Å². The molecule has 1 aliphatic carbocycles. The van der Waals surface area contributed by atoms with Crippen molar-refractivity contribution < 1.29 is 14.6 Å². The van der Waals surface area contributed by atoms with Gasteiger partial charge in [-0.15, -0.1) is 0 Å². The van der Waals surface area contributed by atoms with Gasteiger partial charge >= 0.3 is 0 Å². The fourth-order valence-electron chi connectivity index (χ4n) is 2.76. The summed E-state index contributed by atoms with van der Waals surface area (Å²) < 4.78 is 6.46. The Balaban J connectivity index is 1.51. The van der Waals surface area contributed by atoms with E-state index in [1.165, 1.54) is 0 Å². The zero-order chi connectivity index (χ0) is 18.7. The van der Waals surface area contributed by atoms with Crippen LogP contribution >= 0.6 is 39.1 Å². The molecule has 0 aromatic heterocycles. The second kappa shape index (κ2) is 8.17. The molecule has 0 bridgehead atoms. The van der Waals surface area contributed by atoms with E-state index in [1.54, 1.807) is 18.2 Å². The van der Waals surface area contributed by atoms with Crippen molar-refractivity contribution in [3.05, 3.63) is 62.5 Å². The molecule has 3 rings (SSSR count). The molecule has 1 saturated carbocycles. The summed E-state index contributed by atoms with van der Waals surface area (Å²) in [5.41, 5.74) is 0.520. The van der Waals surface area contributed by atoms with Crippen molar-refractivity contribution in [2.45, 2.75) is 24.4 Å². The number of aliphatic hydroxyl groups is 1. The van der Waals surface area contributed by atoms with E-state index in [2.05, 4.69) is 21.2 Å². The molecule has 0 spiro atoms. The third kappa shape index (κ3) is 4.34. The van der Waals surface area contributed by atoms with Crippen molar-refractivity contribution in [1.82, 2.24) is 5.32 Å². The number of carbonyl (C=O) groups is 1. The van der Waals surface area contributed by atoms with Gasteiger partial charge in [-0.3, -0.25) is 4.79 Å². The SMILES string of the molecule is O=C(NCC(O)COc1cccc(Cl)c1Cl)C1(c2ccc(Br)cc2)CC1. The number of carbonyl (C=O) groups excluding carboxylic acids is 1. The van der Waals surface area contributed by atoms with Crippen molar-refractivity contribution in [1.29, 1.82) is 0 Å². The van der Waals surface area contributed by atoms with Crippen LogP contribution < -0.4 is 10.1 Å². The quantitative estimate of drug-likeness (QED) is 0.648. The summed E-state index contributed by atoms with van der Waals surface area (Å²) in [5.74, 6) is 0.331. The predicted octanol–water partition coefficient (Wildman–Crippen LogP) is 4.34. The van der Waals surface area contributed by atoms with E-state index in [9.17, 15) is 9.90 Å². The van der Waals surface area contributed by atoms with Crippen LogP contribution in [0.4, 0.5) is 0 Å². The van der Waals surface area contributed by atoms with E-state index in [0.717, 1.165) is 22.9 Å². The van der Waals surface area contributed by atoms with E-state index >= 15 is 0 Å². The number of benzene rings is 2. The molecule has 0 saturated heterocycles. The van der Waals surface area contributed by atoms with Crippen molar-refractivity contribution in [3.8, 4) is 5.75 Å². The molecule has 1 atom stereocenters. The summed E-state index contributed by atoms with van der Waals surface area (Å²) in [5, 5.41) is 13.6. The first kappa shape index (κ1) is 19.5. The molecule has 1 amide bonds. The predicted molar refractivity (Wildman–Crippen MR) is 106 cm³/mol. The second-order valence-electron chi connectivity index (χ2n) is 6.32. The average molecular weight is 459 g/mol. The van der Waals surface area contributed by atoms with Gasteiger partial charge in [0.2, 0.25) is 5.91 Å². The van der Waals surface area contributed by atoms with Gasteiger partial charge in [0.1, 0.15) is 23.5 Å². The van der Waals surface area contributed by atoms with Crippen LogP contribution in [0.1, 0.15) is 18.4 Å². The standard InChI is InChI=1S/C19H18BrCl2NO3/c20-13-6-4-12(5-7-13)19(8-9-19)18(25)23-10-14(24)11-26-16-3-1-2-15(21)17(16)22/h1-7,14,24H,8-11H2,(H,23,25). The summed E-state index contributed by atoms with van der Waals surface area (Å²) in [4.78, 5) is 12.6. The fraction of sp³-hybridized carbons (Fsp3) is 0.316. The second-order valence-corrected chi connectivity index (χ2v) is 8.02. The van der Waals surface area contributed by atoms with Gasteiger partial charge in [0.05, 0.1) is 10.4 Å². The maximum Gasteiger partial charge on any atom is 0.230 e. The lowest BCUT2D eigenvalue weighted by atomic mass is 9.95. The van der Waals surface area contributed by atoms with Crippen molar-refractivity contribution in [2.75, 3.05) is 13.2 Å². The molecule has 1 fully saturated rings. The molecule has 26 heavy (non-hydrogen) atoms. The molecule has 7 heteroatoms. The van der Waals surface area contributed by atoms with Gasteiger partial charge in [-0.2, -0.15) is 0 Å². The Labute approximate surface area is 170 Å². The largest absolute Gasteiger partial charge is 0.489 e. The molecule has 0 aliphatic heterocycles. The van der Waals surface area contributed by atoms with Crippen LogP contribution in [0.3, 0.4) is 0 Å². The summed E-state index contributed by atoms with van der Waals surface area (Å²) >= 11 is 15.4. The van der Waals surface area contributed by atoms with Crippen molar-refractivity contribution in [2.24, 2.45) is 0 Å². The molecule has 2 aromatic carbocycles. The number of halogens is 3. The molecule has 2 N–H and O–H groups in total. The summed E-state index contributed by atoms with van der Waals surface area (Å²) in [6, 6.07) is 12.8. The Bertz CT molecular complexity index is 794. The lowest BCUT2D eigenvalue weighted by Crippen LogP contribution is -2.40. The molecule has 1 unspecified atom stereocenters. The van der Waals surface area contributed by atoms with Gasteiger partial charge in [0.15, 0.2) is 0 Å². The fourth-order valence-corrected chi connectivity index (χ4v) is 3.37. The van der Waals surface area contributed by atoms with Gasteiger partial charge in [0, 0.05) is 11.0 Å². The first-order chi connectivity index (χ1) is 12.4. The van der Waals surface area contributed by atoms with Gasteiger partial charge in [0.25, 0.3) is 0 Å². The average Bonchev–Trinajstić information content (AvgIpc) is 3.43. The normalized spacial score (nSPS) is 16.0. The van der Waals surface area contributed by atoms with Crippen LogP contribution in [-0.2, 0) is 10.2 Å². The Kier molecular flexibility index (Phi) is 6.13. The first-order valence-electron chi connectivity index (χ1n) is 8.21. The number of hydrogen-bond donors (Lipinski definition) is 2. The molecule has 4 nitrogen and oxygen atoms in total. The monoisotopic (exact) mass is 457 g/mol. The summed E-state index contributed by atoms with van der Waals surface area (Å²) in [6.45, 7) is 0.112. The van der Waals surface area contributed by atoms with Gasteiger partial charge in [-0.05, 0) is 42.7 Å². The zero-order valence-corrected chi connectivity index (χ0v) is 16.9. The highest BCUT2D eigenvalue weighted by atomic mass is 79.9. The van der Waals surface area contributed by atoms with Crippen LogP contribution in [0.5, 0.6) is 5.75 Å². The molecule has 0 heterocycles. The Morgan fingerprint density at radius 2 is 1.92 bits per heavy atom. The Hall–Kier alpha value is -1.27. The Morgan fingerprint density at radius 3 is 2.58 bits per heavy atom. The van der Waals surface area contributed by atoms with Crippen LogP contribution in [0, 0.1) is 0 Å². The minimum absolute atomic E-state index is 0.00558. The lowest BCUT2D eigenvalue weighted by molar-refractivity contribution is -0.124. The van der Waals surface area contributed by atoms with Crippen molar-refractivity contribution >= 4 is 45.0 Å². The van der Waals surface area contributed by atoms with Crippen LogP contribution in [-0.4, -0.2) is 30.3 Å². The van der Waals surface area contributed by atoms with E-state index in [0.29, 0.717) is 15.8 Å². The Morgan fingerprint density at radius 1 is 1.23 bits per heavy atom. The van der Waals surface area contributed by atoms with E-state index < -0.39 is 11.5 Å². The van der Waals surface area contributed by atoms with Gasteiger partial charge in [-0.1, -0.05) is 57.3 Å². The third-order valence-electron chi connectivity index (χ3n) is 4.43. The zero-order valence-electron chi connectivity index (χ0n) is 13.8. The number of hydrogen-bond acceptors (Lipinski definition) is 3. The molecule has 1 aliphatic rings. The lowest BCUT2D eigenvalue weighted by Gasteiger charge is -2.18. The maximum atomic E-state index is 12.6. The molecule has 0 radical (unpaired) electrons. The number of aliphatic hydroxyl groups excluding tert-OH is 1. The van der Waals surface area contributed by atoms with Gasteiger partial charge < -0.3 is 15.2 Å². The highest BCUT2D eigenvalue weighted by molar-refractivity contribution is 9.10. The van der Waals surface area contributed by atoms with Crippen LogP contribution in [0.25, 0.3) is 0 Å². The molecule has 138 valence electrons. The van der Waals surface area contributed by atoms with Crippen molar-refractivity contribution in [3.63, 3.8) is 0 Å². The van der Waals surface area contributed by atoms with E-state index in [-0.39, 0.29) is 19.1 Å². The highest BCUT2D eigenvalue weighted by Gasteiger charge is 2.51. The highest BCUT2D eigenvalue weighted by Crippen LogP contribution is 2.48. The smallest absolute Gasteiger partial charge is 0.230 e. The molecular weight excluding hydrogens is 441 g/mol. The maximum absolute atomic E-state index is 12.6.